The maximum Gasteiger partial charge on any atom is 0.238 e. The molecule has 0 bridgehead atoms. The number of nitrogens with one attached hydrogen (secondary N) is 4. The van der Waals surface area contributed by atoms with Crippen LogP contribution in [0.25, 0.3) is 24.3 Å². The molecular formula is C48H56N8O4. The Hall–Kier alpha value is -6.44. The summed E-state index contributed by atoms with van der Waals surface area (Å²) in [7, 11) is 0. The zero-order valence-electron chi connectivity index (χ0n) is 34.1. The number of hydrogen-bond acceptors (Lipinski definition) is 8. The smallest absolute Gasteiger partial charge is 0.238 e. The third kappa shape index (κ3) is 18.0. The van der Waals surface area contributed by atoms with Crippen LogP contribution in [0.15, 0.2) is 146 Å². The first-order valence-electron chi connectivity index (χ1n) is 20.3. The van der Waals surface area contributed by atoms with E-state index >= 15 is 0 Å². The number of nitrogens with zero attached hydrogens (tertiary/aromatic N) is 4. The van der Waals surface area contributed by atoms with Gasteiger partial charge in [0.15, 0.2) is 0 Å². The minimum absolute atomic E-state index is 0.127. The Labute approximate surface area is 353 Å². The second-order valence-electron chi connectivity index (χ2n) is 14.4. The molecule has 0 unspecified atom stereocenters. The van der Waals surface area contributed by atoms with Crippen LogP contribution in [0.2, 0.25) is 0 Å². The molecule has 0 aromatic heterocycles. The van der Waals surface area contributed by atoms with E-state index in [0.29, 0.717) is 52.4 Å². The summed E-state index contributed by atoms with van der Waals surface area (Å²) in [6.07, 6.45) is 14.0. The van der Waals surface area contributed by atoms with E-state index in [2.05, 4.69) is 40.9 Å². The highest BCUT2D eigenvalue weighted by atomic mass is 16.2. The average molecular weight is 809 g/mol. The SMILES string of the molecule is O=C(CN1CCN(CC(=O)N/C=C/c2ccccc2)CCN(CC(=O)N/C=C/c2ccccc2)CCN(CC(=O)N/C=C/c2ccccc2)CC1)N/C=C/c1ccccc1. The van der Waals surface area contributed by atoms with Crippen molar-refractivity contribution < 1.29 is 19.2 Å². The van der Waals surface area contributed by atoms with Crippen molar-refractivity contribution in [1.82, 2.24) is 40.9 Å². The van der Waals surface area contributed by atoms with Crippen molar-refractivity contribution in [1.29, 1.82) is 0 Å². The van der Waals surface area contributed by atoms with E-state index in [0.717, 1.165) is 22.3 Å². The van der Waals surface area contributed by atoms with Gasteiger partial charge in [0.05, 0.1) is 26.2 Å². The number of carbonyl (C=O) groups is 4. The molecular weight excluding hydrogens is 753 g/mol. The van der Waals surface area contributed by atoms with E-state index in [-0.39, 0.29) is 49.8 Å². The van der Waals surface area contributed by atoms with Gasteiger partial charge in [-0.05, 0) is 46.6 Å². The van der Waals surface area contributed by atoms with Gasteiger partial charge in [0.1, 0.15) is 0 Å². The molecule has 60 heavy (non-hydrogen) atoms. The number of rotatable bonds is 16. The molecule has 312 valence electrons. The third-order valence-electron chi connectivity index (χ3n) is 9.68. The highest BCUT2D eigenvalue weighted by molar-refractivity contribution is 5.81. The largest absolute Gasteiger partial charge is 0.332 e. The summed E-state index contributed by atoms with van der Waals surface area (Å²) in [6, 6.07) is 38.9. The van der Waals surface area contributed by atoms with Crippen molar-refractivity contribution in [2.45, 2.75) is 0 Å². The lowest BCUT2D eigenvalue weighted by Crippen LogP contribution is -2.51. The fourth-order valence-electron chi connectivity index (χ4n) is 6.39. The van der Waals surface area contributed by atoms with Crippen molar-refractivity contribution in [3.8, 4) is 0 Å². The minimum Gasteiger partial charge on any atom is -0.332 e. The Morgan fingerprint density at radius 3 is 0.700 bits per heavy atom. The number of benzene rings is 4. The van der Waals surface area contributed by atoms with Crippen LogP contribution in [0.4, 0.5) is 0 Å². The molecule has 0 atom stereocenters. The predicted molar refractivity (Wildman–Crippen MR) is 240 cm³/mol. The molecule has 4 aromatic carbocycles. The van der Waals surface area contributed by atoms with E-state index in [9.17, 15) is 19.2 Å². The van der Waals surface area contributed by atoms with Gasteiger partial charge in [-0.3, -0.25) is 38.8 Å². The first-order valence-corrected chi connectivity index (χ1v) is 20.3. The molecule has 1 aliphatic heterocycles. The van der Waals surface area contributed by atoms with Gasteiger partial charge in [0, 0.05) is 77.2 Å². The summed E-state index contributed by atoms with van der Waals surface area (Å²) in [5.74, 6) is -0.672. The van der Waals surface area contributed by atoms with Crippen LogP contribution in [-0.4, -0.2) is 122 Å². The zero-order valence-corrected chi connectivity index (χ0v) is 34.1. The summed E-state index contributed by atoms with van der Waals surface area (Å²) in [6.45, 7) is 4.46. The van der Waals surface area contributed by atoms with Gasteiger partial charge in [-0.1, -0.05) is 121 Å². The highest BCUT2D eigenvalue weighted by Crippen LogP contribution is 2.05. The lowest BCUT2D eigenvalue weighted by Gasteiger charge is -2.33. The van der Waals surface area contributed by atoms with Crippen molar-refractivity contribution >= 4 is 47.9 Å². The van der Waals surface area contributed by atoms with E-state index < -0.39 is 0 Å². The maximum absolute atomic E-state index is 13.2. The summed E-state index contributed by atoms with van der Waals surface area (Å²) in [5.41, 5.74) is 3.89. The molecule has 12 heteroatoms. The summed E-state index contributed by atoms with van der Waals surface area (Å²) in [4.78, 5) is 61.2. The lowest BCUT2D eigenvalue weighted by molar-refractivity contribution is -0.124. The molecule has 0 radical (unpaired) electrons. The monoisotopic (exact) mass is 808 g/mol. The molecule has 4 N–H and O–H groups in total. The fraction of sp³-hybridized carbons (Fsp3) is 0.250. The van der Waals surface area contributed by atoms with Crippen molar-refractivity contribution in [2.24, 2.45) is 0 Å². The molecule has 4 aromatic rings. The maximum atomic E-state index is 13.2. The Morgan fingerprint density at radius 2 is 0.517 bits per heavy atom. The first-order chi connectivity index (χ1) is 29.4. The molecule has 1 heterocycles. The molecule has 1 saturated heterocycles. The van der Waals surface area contributed by atoms with Gasteiger partial charge in [-0.2, -0.15) is 0 Å². The molecule has 0 aliphatic carbocycles. The topological polar surface area (TPSA) is 129 Å². The zero-order chi connectivity index (χ0) is 42.0. The van der Waals surface area contributed by atoms with Gasteiger partial charge in [0.2, 0.25) is 23.6 Å². The van der Waals surface area contributed by atoms with Crippen LogP contribution >= 0.6 is 0 Å². The lowest BCUT2D eigenvalue weighted by atomic mass is 10.2. The van der Waals surface area contributed by atoms with Gasteiger partial charge in [0.25, 0.3) is 0 Å². The van der Waals surface area contributed by atoms with Crippen LogP contribution in [0.5, 0.6) is 0 Å². The second-order valence-corrected chi connectivity index (χ2v) is 14.4. The Balaban J connectivity index is 1.28. The Bertz CT molecular complexity index is 1710. The number of amides is 4. The van der Waals surface area contributed by atoms with Gasteiger partial charge in [-0.15, -0.1) is 0 Å². The second kappa shape index (κ2) is 25.8. The highest BCUT2D eigenvalue weighted by Gasteiger charge is 2.21. The van der Waals surface area contributed by atoms with Crippen molar-refractivity contribution in [3.63, 3.8) is 0 Å². The third-order valence-corrected chi connectivity index (χ3v) is 9.68. The molecule has 4 amide bonds. The fourth-order valence-corrected chi connectivity index (χ4v) is 6.39. The van der Waals surface area contributed by atoms with Gasteiger partial charge in [-0.25, -0.2) is 0 Å². The molecule has 12 nitrogen and oxygen atoms in total. The van der Waals surface area contributed by atoms with Crippen LogP contribution < -0.4 is 21.3 Å². The number of hydrogen-bond donors (Lipinski definition) is 4. The van der Waals surface area contributed by atoms with Crippen LogP contribution in [0.1, 0.15) is 22.3 Å². The summed E-state index contributed by atoms with van der Waals surface area (Å²) >= 11 is 0. The standard InChI is InChI=1S/C48H56N8O4/c57-45(49-25-21-41-13-5-1-6-14-41)37-53-29-31-54(38-46(58)50-26-22-42-15-7-2-8-16-42)33-35-56(40-48(60)52-28-24-44-19-11-4-12-20-44)36-34-55(32-30-53)39-47(59)51-27-23-43-17-9-3-10-18-43/h1-28H,29-40H2,(H,49,57)(H,50,58)(H,51,59)(H,52,60)/b25-21+,26-22+,27-23+,28-24+. The molecule has 5 rings (SSSR count). The number of carbonyl (C=O) groups excluding carboxylic acids is 4. The van der Waals surface area contributed by atoms with Crippen LogP contribution in [0.3, 0.4) is 0 Å². The molecule has 1 fully saturated rings. The Kier molecular flexibility index (Phi) is 19.2. The van der Waals surface area contributed by atoms with E-state index in [4.69, 9.17) is 0 Å². The summed E-state index contributed by atoms with van der Waals surface area (Å²) in [5, 5.41) is 11.6. The van der Waals surface area contributed by atoms with Gasteiger partial charge >= 0.3 is 0 Å². The molecule has 1 aliphatic rings. The molecule has 0 saturated carbocycles. The molecule has 0 spiro atoms. The quantitative estimate of drug-likeness (QED) is 0.132. The van der Waals surface area contributed by atoms with Crippen molar-refractivity contribution in [2.75, 3.05) is 78.5 Å². The summed E-state index contributed by atoms with van der Waals surface area (Å²) < 4.78 is 0. The predicted octanol–water partition coefficient (Wildman–Crippen LogP) is 4.36. The van der Waals surface area contributed by atoms with Gasteiger partial charge < -0.3 is 21.3 Å². The normalized spacial score (nSPS) is 15.5. The van der Waals surface area contributed by atoms with Crippen LogP contribution in [-0.2, 0) is 19.2 Å². The first kappa shape index (κ1) is 44.7. The van der Waals surface area contributed by atoms with E-state index in [1.165, 1.54) is 0 Å². The Morgan fingerprint density at radius 1 is 0.333 bits per heavy atom. The van der Waals surface area contributed by atoms with Crippen LogP contribution in [0, 0.1) is 0 Å². The van der Waals surface area contributed by atoms with E-state index in [1.807, 2.05) is 146 Å². The minimum atomic E-state index is -0.168. The van der Waals surface area contributed by atoms with E-state index in [1.54, 1.807) is 24.8 Å². The van der Waals surface area contributed by atoms with Crippen molar-refractivity contribution in [3.05, 3.63) is 168 Å². The average Bonchev–Trinajstić information content (AvgIpc) is 3.26.